The summed E-state index contributed by atoms with van der Waals surface area (Å²) in [5, 5.41) is 9.54. The molecule has 12 heteroatoms. The van der Waals surface area contributed by atoms with Crippen LogP contribution in [0.2, 0.25) is 0 Å². The molecule has 1 amide bonds. The number of hydrogen-bond donors (Lipinski definition) is 0. The van der Waals surface area contributed by atoms with Gasteiger partial charge in [0.15, 0.2) is 5.83 Å². The van der Waals surface area contributed by atoms with Gasteiger partial charge in [-0.25, -0.2) is 4.39 Å². The summed E-state index contributed by atoms with van der Waals surface area (Å²) >= 11 is 0. The van der Waals surface area contributed by atoms with Gasteiger partial charge in [-0.05, 0) is 51.3 Å². The van der Waals surface area contributed by atoms with Crippen molar-refractivity contribution in [3.63, 3.8) is 0 Å². The van der Waals surface area contributed by atoms with Gasteiger partial charge in [-0.2, -0.15) is 15.2 Å². The SMILES string of the molecule is C=C(F)C(=O)N1CCN(c2nc(OC[C@@H]3CCCN3C)nc3c2CCN(c2cncc4c2N(C)CCC4)CC3)C[C@@H]1CC#N. The van der Waals surface area contributed by atoms with Crippen LogP contribution in [-0.4, -0.2) is 109 Å². The number of rotatable bonds is 7. The molecule has 2 saturated heterocycles. The molecule has 0 aliphatic carbocycles. The number of nitrogens with zero attached hydrogens (tertiary/aromatic N) is 9. The molecule has 0 radical (unpaired) electrons. The van der Waals surface area contributed by atoms with Crippen molar-refractivity contribution in [3.8, 4) is 12.1 Å². The van der Waals surface area contributed by atoms with Crippen molar-refractivity contribution >= 4 is 23.1 Å². The zero-order chi connectivity index (χ0) is 30.8. The highest BCUT2D eigenvalue weighted by molar-refractivity contribution is 5.91. The van der Waals surface area contributed by atoms with Crippen LogP contribution in [0.4, 0.5) is 21.6 Å². The van der Waals surface area contributed by atoms with Gasteiger partial charge >= 0.3 is 6.01 Å². The molecule has 11 nitrogen and oxygen atoms in total. The molecule has 2 aromatic heterocycles. The number of likely N-dealkylation sites (tertiary alicyclic amines) is 1. The minimum absolute atomic E-state index is 0.0909. The number of halogens is 1. The van der Waals surface area contributed by atoms with E-state index in [1.165, 1.54) is 16.2 Å². The number of ether oxygens (including phenoxy) is 1. The predicted octanol–water partition coefficient (Wildman–Crippen LogP) is 2.75. The van der Waals surface area contributed by atoms with Crippen LogP contribution >= 0.6 is 0 Å². The maximum absolute atomic E-state index is 13.8. The standard InChI is InChI=1S/C32H42FN9O2/c1-22(33)31(43)42-17-16-41(20-24(42)8-11-34)30-26-9-14-40(28-19-35-18-23-6-4-13-39(3)29(23)28)15-10-27(26)36-32(37-30)44-21-25-7-5-12-38(25)2/h18-19,24-25H,1,4-10,12-17,20-21H2,2-3H3/t24-,25-/m0/s1. The number of fused-ring (bicyclic) bond motifs is 2. The minimum atomic E-state index is -1.01. The molecule has 2 aromatic rings. The second-order valence-corrected chi connectivity index (χ2v) is 12.4. The van der Waals surface area contributed by atoms with E-state index in [0.717, 1.165) is 87.5 Å². The molecular formula is C32H42FN9O2. The van der Waals surface area contributed by atoms with Crippen LogP contribution in [0.25, 0.3) is 0 Å². The number of carbonyl (C=O) groups is 1. The second kappa shape index (κ2) is 12.9. The summed E-state index contributed by atoms with van der Waals surface area (Å²) in [5.74, 6) is -0.976. The largest absolute Gasteiger partial charge is 0.462 e. The molecular weight excluding hydrogens is 561 g/mol. The van der Waals surface area contributed by atoms with Gasteiger partial charge < -0.3 is 29.2 Å². The molecule has 0 spiro atoms. The Hall–Kier alpha value is -3.98. The summed E-state index contributed by atoms with van der Waals surface area (Å²) in [4.78, 5) is 37.7. The van der Waals surface area contributed by atoms with Gasteiger partial charge in [-0.1, -0.05) is 6.58 Å². The third-order valence-corrected chi connectivity index (χ3v) is 9.62. The van der Waals surface area contributed by atoms with Crippen LogP contribution in [0.3, 0.4) is 0 Å². The third kappa shape index (κ3) is 6.02. The van der Waals surface area contributed by atoms with Crippen molar-refractivity contribution < 1.29 is 13.9 Å². The summed E-state index contributed by atoms with van der Waals surface area (Å²) in [6, 6.07) is 2.38. The van der Waals surface area contributed by atoms with E-state index >= 15 is 0 Å². The molecule has 2 atom stereocenters. The van der Waals surface area contributed by atoms with E-state index < -0.39 is 17.8 Å². The fourth-order valence-corrected chi connectivity index (χ4v) is 7.19. The van der Waals surface area contributed by atoms with Crippen LogP contribution in [0.5, 0.6) is 6.01 Å². The van der Waals surface area contributed by atoms with Crippen molar-refractivity contribution in [2.75, 3.05) is 81.2 Å². The van der Waals surface area contributed by atoms with E-state index in [1.54, 1.807) is 0 Å². The fourth-order valence-electron chi connectivity index (χ4n) is 7.19. The van der Waals surface area contributed by atoms with Crippen LogP contribution in [0, 0.1) is 11.3 Å². The molecule has 6 rings (SSSR count). The summed E-state index contributed by atoms with van der Waals surface area (Å²) in [6.07, 6.45) is 9.92. The Morgan fingerprint density at radius 1 is 1.05 bits per heavy atom. The van der Waals surface area contributed by atoms with E-state index in [4.69, 9.17) is 14.7 Å². The molecule has 0 N–H and O–H groups in total. The number of amides is 1. The van der Waals surface area contributed by atoms with Crippen molar-refractivity contribution in [2.45, 2.75) is 57.0 Å². The number of likely N-dealkylation sites (N-methyl/N-ethyl adjacent to an activating group) is 1. The molecule has 6 heterocycles. The molecule has 234 valence electrons. The topological polar surface area (TPSA) is 105 Å². The van der Waals surface area contributed by atoms with Crippen molar-refractivity contribution in [2.24, 2.45) is 0 Å². The van der Waals surface area contributed by atoms with Crippen LogP contribution in [0.15, 0.2) is 24.8 Å². The van der Waals surface area contributed by atoms with E-state index in [-0.39, 0.29) is 13.0 Å². The van der Waals surface area contributed by atoms with Crippen LogP contribution in [-0.2, 0) is 24.1 Å². The first kappa shape index (κ1) is 30.1. The van der Waals surface area contributed by atoms with Gasteiger partial charge in [0.1, 0.15) is 12.4 Å². The molecule has 0 unspecified atom stereocenters. The normalized spacial score (nSPS) is 22.2. The molecule has 44 heavy (non-hydrogen) atoms. The Bertz CT molecular complexity index is 1450. The lowest BCUT2D eigenvalue weighted by atomic mass is 10.0. The molecule has 2 fully saturated rings. The highest BCUT2D eigenvalue weighted by Crippen LogP contribution is 2.37. The van der Waals surface area contributed by atoms with Gasteiger partial charge in [0.25, 0.3) is 5.91 Å². The molecule has 0 bridgehead atoms. The maximum Gasteiger partial charge on any atom is 0.318 e. The first-order valence-corrected chi connectivity index (χ1v) is 15.8. The summed E-state index contributed by atoms with van der Waals surface area (Å²) in [7, 11) is 4.28. The Labute approximate surface area is 258 Å². The number of anilines is 3. The molecule has 0 saturated carbocycles. The molecule has 4 aliphatic heterocycles. The number of pyridine rings is 1. The monoisotopic (exact) mass is 603 g/mol. The summed E-state index contributed by atoms with van der Waals surface area (Å²) in [5.41, 5.74) is 5.74. The number of aryl methyl sites for hydroxylation is 1. The number of aromatic nitrogens is 3. The van der Waals surface area contributed by atoms with E-state index in [2.05, 4.69) is 51.3 Å². The Morgan fingerprint density at radius 3 is 2.66 bits per heavy atom. The molecule has 4 aliphatic rings. The van der Waals surface area contributed by atoms with Gasteiger partial charge in [-0.3, -0.25) is 9.78 Å². The van der Waals surface area contributed by atoms with Crippen LogP contribution in [0.1, 0.15) is 42.5 Å². The Kier molecular flexibility index (Phi) is 8.84. The van der Waals surface area contributed by atoms with Crippen LogP contribution < -0.4 is 19.4 Å². The average Bonchev–Trinajstić information content (AvgIpc) is 3.31. The fraction of sp³-hybridized carbons (Fsp3) is 0.594. The van der Waals surface area contributed by atoms with Crippen molar-refractivity contribution in [1.82, 2.24) is 24.8 Å². The average molecular weight is 604 g/mol. The zero-order valence-electron chi connectivity index (χ0n) is 25.8. The number of carbonyl (C=O) groups excluding carboxylic acids is 1. The number of hydrogen-bond acceptors (Lipinski definition) is 10. The van der Waals surface area contributed by atoms with E-state index in [9.17, 15) is 14.4 Å². The van der Waals surface area contributed by atoms with Gasteiger partial charge in [0.05, 0.1) is 41.8 Å². The summed E-state index contributed by atoms with van der Waals surface area (Å²) < 4.78 is 20.1. The lowest BCUT2D eigenvalue weighted by molar-refractivity contribution is -0.131. The first-order valence-electron chi connectivity index (χ1n) is 15.8. The highest BCUT2D eigenvalue weighted by Gasteiger charge is 2.35. The first-order chi connectivity index (χ1) is 21.3. The second-order valence-electron chi connectivity index (χ2n) is 12.4. The van der Waals surface area contributed by atoms with Gasteiger partial charge in [0, 0.05) is 70.5 Å². The molecule has 0 aromatic carbocycles. The lowest BCUT2D eigenvalue weighted by Crippen LogP contribution is -2.55. The maximum atomic E-state index is 13.8. The number of piperazine rings is 1. The highest BCUT2D eigenvalue weighted by atomic mass is 19.1. The van der Waals surface area contributed by atoms with Crippen molar-refractivity contribution in [3.05, 3.63) is 41.6 Å². The zero-order valence-corrected chi connectivity index (χ0v) is 25.8. The van der Waals surface area contributed by atoms with E-state index in [1.807, 2.05) is 12.4 Å². The predicted molar refractivity (Wildman–Crippen MR) is 167 cm³/mol. The Balaban J connectivity index is 1.30. The lowest BCUT2D eigenvalue weighted by Gasteiger charge is -2.41. The quantitative estimate of drug-likeness (QED) is 0.439. The van der Waals surface area contributed by atoms with Crippen molar-refractivity contribution in [1.29, 1.82) is 5.26 Å². The third-order valence-electron chi connectivity index (χ3n) is 9.62. The van der Waals surface area contributed by atoms with Gasteiger partial charge in [-0.15, -0.1) is 0 Å². The smallest absolute Gasteiger partial charge is 0.318 e. The number of nitriles is 1. The minimum Gasteiger partial charge on any atom is -0.462 e. The summed E-state index contributed by atoms with van der Waals surface area (Å²) in [6.45, 7) is 8.47. The van der Waals surface area contributed by atoms with E-state index in [0.29, 0.717) is 31.7 Å². The Morgan fingerprint density at radius 2 is 1.89 bits per heavy atom. The van der Waals surface area contributed by atoms with Gasteiger partial charge in [0.2, 0.25) is 0 Å².